The second-order valence-electron chi connectivity index (χ2n) is 2.63. The lowest BCUT2D eigenvalue weighted by Gasteiger charge is -2.18. The van der Waals surface area contributed by atoms with Crippen molar-refractivity contribution in [1.29, 1.82) is 0 Å². The summed E-state index contributed by atoms with van der Waals surface area (Å²) >= 11 is 0. The molecule has 0 aliphatic rings. The van der Waals surface area contributed by atoms with Crippen LogP contribution in [0.4, 0.5) is 0 Å². The minimum atomic E-state index is 0.579. The van der Waals surface area contributed by atoms with E-state index >= 15 is 0 Å². The summed E-state index contributed by atoms with van der Waals surface area (Å²) in [7, 11) is 2.07. The SMILES string of the molecule is CCN/C=C\N(C)C(C)C. The number of nitrogens with one attached hydrogen (secondary N) is 1. The number of hydrogen-bond donors (Lipinski definition) is 1. The van der Waals surface area contributed by atoms with Gasteiger partial charge in [-0.2, -0.15) is 0 Å². The standard InChI is InChI=1S/C8H18N2/c1-5-9-6-7-10(4)8(2)3/h6-9H,5H2,1-4H3/b7-6-. The maximum Gasteiger partial charge on any atom is 0.0225 e. The highest BCUT2D eigenvalue weighted by Gasteiger charge is 1.93. The Hall–Kier alpha value is -0.660. The van der Waals surface area contributed by atoms with Gasteiger partial charge in [0.05, 0.1) is 0 Å². The van der Waals surface area contributed by atoms with Crippen LogP contribution in [0.3, 0.4) is 0 Å². The molecule has 0 spiro atoms. The summed E-state index contributed by atoms with van der Waals surface area (Å²) < 4.78 is 0. The van der Waals surface area contributed by atoms with Crippen molar-refractivity contribution in [1.82, 2.24) is 10.2 Å². The van der Waals surface area contributed by atoms with Gasteiger partial charge in [-0.1, -0.05) is 0 Å². The Morgan fingerprint density at radius 2 is 2.10 bits per heavy atom. The maximum atomic E-state index is 3.11. The first-order valence-corrected chi connectivity index (χ1v) is 3.80. The van der Waals surface area contributed by atoms with E-state index in [1.54, 1.807) is 0 Å². The lowest BCUT2D eigenvalue weighted by atomic mass is 10.4. The minimum absolute atomic E-state index is 0.579. The van der Waals surface area contributed by atoms with Crippen molar-refractivity contribution in [2.75, 3.05) is 13.6 Å². The lowest BCUT2D eigenvalue weighted by molar-refractivity contribution is 0.374. The number of hydrogen-bond acceptors (Lipinski definition) is 2. The number of rotatable bonds is 4. The molecule has 0 aromatic rings. The van der Waals surface area contributed by atoms with Crippen molar-refractivity contribution < 1.29 is 0 Å². The molecule has 0 radical (unpaired) electrons. The highest BCUT2D eigenvalue weighted by Crippen LogP contribution is 1.91. The van der Waals surface area contributed by atoms with Crippen LogP contribution in [0.5, 0.6) is 0 Å². The Morgan fingerprint density at radius 3 is 2.50 bits per heavy atom. The number of nitrogens with zero attached hydrogens (tertiary/aromatic N) is 1. The van der Waals surface area contributed by atoms with Gasteiger partial charge in [-0.3, -0.25) is 0 Å². The monoisotopic (exact) mass is 142 g/mol. The van der Waals surface area contributed by atoms with Crippen LogP contribution in [0.2, 0.25) is 0 Å². The van der Waals surface area contributed by atoms with E-state index in [-0.39, 0.29) is 0 Å². The van der Waals surface area contributed by atoms with Gasteiger partial charge in [0.15, 0.2) is 0 Å². The molecule has 0 aliphatic heterocycles. The molecule has 0 rings (SSSR count). The van der Waals surface area contributed by atoms with Crippen LogP contribution < -0.4 is 5.32 Å². The normalized spacial score (nSPS) is 10.9. The molecular formula is C8H18N2. The summed E-state index contributed by atoms with van der Waals surface area (Å²) in [6.45, 7) is 7.40. The van der Waals surface area contributed by atoms with Gasteiger partial charge >= 0.3 is 0 Å². The predicted octanol–water partition coefficient (Wildman–Crippen LogP) is 1.41. The fourth-order valence-electron chi connectivity index (χ4n) is 0.460. The van der Waals surface area contributed by atoms with Crippen molar-refractivity contribution in [2.24, 2.45) is 0 Å². The summed E-state index contributed by atoms with van der Waals surface area (Å²) in [5.41, 5.74) is 0. The van der Waals surface area contributed by atoms with Gasteiger partial charge in [0.2, 0.25) is 0 Å². The Labute approximate surface area is 63.9 Å². The fourth-order valence-corrected chi connectivity index (χ4v) is 0.460. The molecule has 0 aromatic heterocycles. The zero-order valence-corrected chi connectivity index (χ0v) is 7.39. The first-order valence-electron chi connectivity index (χ1n) is 3.80. The average Bonchev–Trinajstić information content (AvgIpc) is 1.88. The van der Waals surface area contributed by atoms with Crippen molar-refractivity contribution in [3.05, 3.63) is 12.4 Å². The van der Waals surface area contributed by atoms with Crippen LogP contribution in [0, 0.1) is 0 Å². The summed E-state index contributed by atoms with van der Waals surface area (Å²) in [5.74, 6) is 0. The Kier molecular flexibility index (Phi) is 4.81. The Morgan fingerprint density at radius 1 is 1.50 bits per heavy atom. The van der Waals surface area contributed by atoms with Gasteiger partial charge in [-0.15, -0.1) is 0 Å². The van der Waals surface area contributed by atoms with Crippen LogP contribution in [0.1, 0.15) is 20.8 Å². The Bertz CT molecular complexity index is 97.4. The summed E-state index contributed by atoms with van der Waals surface area (Å²) in [5, 5.41) is 3.11. The molecular weight excluding hydrogens is 124 g/mol. The van der Waals surface area contributed by atoms with Crippen LogP contribution >= 0.6 is 0 Å². The summed E-state index contributed by atoms with van der Waals surface area (Å²) in [6, 6.07) is 0.579. The van der Waals surface area contributed by atoms with Crippen molar-refractivity contribution in [3.8, 4) is 0 Å². The van der Waals surface area contributed by atoms with Gasteiger partial charge in [-0.25, -0.2) is 0 Å². The maximum absolute atomic E-state index is 3.11. The molecule has 0 saturated carbocycles. The topological polar surface area (TPSA) is 15.3 Å². The molecule has 0 aliphatic carbocycles. The molecule has 2 nitrogen and oxygen atoms in total. The molecule has 1 N–H and O–H groups in total. The molecule has 0 atom stereocenters. The van der Waals surface area contributed by atoms with Gasteiger partial charge in [0.25, 0.3) is 0 Å². The fraction of sp³-hybridized carbons (Fsp3) is 0.750. The predicted molar refractivity (Wildman–Crippen MR) is 45.7 cm³/mol. The van der Waals surface area contributed by atoms with E-state index in [0.717, 1.165) is 6.54 Å². The second kappa shape index (κ2) is 5.15. The Balaban J connectivity index is 3.45. The van der Waals surface area contributed by atoms with E-state index in [4.69, 9.17) is 0 Å². The van der Waals surface area contributed by atoms with E-state index in [9.17, 15) is 0 Å². The molecule has 60 valence electrons. The van der Waals surface area contributed by atoms with Gasteiger partial charge in [0.1, 0.15) is 0 Å². The average molecular weight is 142 g/mol. The van der Waals surface area contributed by atoms with E-state index in [2.05, 4.69) is 38.0 Å². The molecule has 0 amide bonds. The highest BCUT2D eigenvalue weighted by atomic mass is 15.1. The van der Waals surface area contributed by atoms with E-state index in [1.165, 1.54) is 0 Å². The molecule has 0 heterocycles. The second-order valence-corrected chi connectivity index (χ2v) is 2.63. The van der Waals surface area contributed by atoms with Gasteiger partial charge in [-0.05, 0) is 20.8 Å². The lowest BCUT2D eigenvalue weighted by Crippen LogP contribution is -2.20. The smallest absolute Gasteiger partial charge is 0.0225 e. The quantitative estimate of drug-likeness (QED) is 0.638. The minimum Gasteiger partial charge on any atom is -0.390 e. The summed E-state index contributed by atoms with van der Waals surface area (Å²) in [4.78, 5) is 2.16. The van der Waals surface area contributed by atoms with Crippen molar-refractivity contribution >= 4 is 0 Å². The zero-order chi connectivity index (χ0) is 7.98. The van der Waals surface area contributed by atoms with Crippen LogP contribution in [0.25, 0.3) is 0 Å². The van der Waals surface area contributed by atoms with E-state index < -0.39 is 0 Å². The molecule has 10 heavy (non-hydrogen) atoms. The summed E-state index contributed by atoms with van der Waals surface area (Å²) in [6.07, 6.45) is 4.02. The third kappa shape index (κ3) is 4.24. The van der Waals surface area contributed by atoms with Crippen molar-refractivity contribution in [2.45, 2.75) is 26.8 Å². The molecule has 0 unspecified atom stereocenters. The van der Waals surface area contributed by atoms with Gasteiger partial charge < -0.3 is 10.2 Å². The largest absolute Gasteiger partial charge is 0.390 e. The van der Waals surface area contributed by atoms with Crippen LogP contribution in [-0.2, 0) is 0 Å². The molecule has 0 bridgehead atoms. The van der Waals surface area contributed by atoms with Gasteiger partial charge in [0, 0.05) is 32.0 Å². The van der Waals surface area contributed by atoms with E-state index in [0.29, 0.717) is 6.04 Å². The third-order valence-electron chi connectivity index (χ3n) is 1.45. The first kappa shape index (κ1) is 9.34. The molecule has 0 saturated heterocycles. The van der Waals surface area contributed by atoms with Crippen molar-refractivity contribution in [3.63, 3.8) is 0 Å². The third-order valence-corrected chi connectivity index (χ3v) is 1.45. The molecule has 2 heteroatoms. The van der Waals surface area contributed by atoms with E-state index in [1.807, 2.05) is 12.4 Å². The van der Waals surface area contributed by atoms with Crippen LogP contribution in [0.15, 0.2) is 12.4 Å². The molecule has 0 aromatic carbocycles. The zero-order valence-electron chi connectivity index (χ0n) is 7.39. The van der Waals surface area contributed by atoms with Crippen LogP contribution in [-0.4, -0.2) is 24.5 Å². The molecule has 0 fully saturated rings. The highest BCUT2D eigenvalue weighted by molar-refractivity contribution is 4.79. The first-order chi connectivity index (χ1) is 4.68.